The molecule has 0 radical (unpaired) electrons. The average molecular weight is 424 g/mol. The highest BCUT2D eigenvalue weighted by Gasteiger charge is 2.37. The van der Waals surface area contributed by atoms with Crippen LogP contribution in [0.3, 0.4) is 0 Å². The third-order valence-electron chi connectivity index (χ3n) is 5.37. The summed E-state index contributed by atoms with van der Waals surface area (Å²) in [6.45, 7) is 2.08. The Labute approximate surface area is 180 Å². The van der Waals surface area contributed by atoms with Gasteiger partial charge in [0.05, 0.1) is 10.7 Å². The fraction of sp³-hybridized carbons (Fsp3) is 0.261. The van der Waals surface area contributed by atoms with Gasteiger partial charge in [-0.2, -0.15) is 0 Å². The number of amides is 4. The molecule has 4 rings (SSSR count). The first-order valence-electron chi connectivity index (χ1n) is 10.1. The number of carbonyl (C=O) groups excluding carboxylic acids is 3. The number of urea groups is 1. The molecular weight excluding hydrogens is 402 g/mol. The quantitative estimate of drug-likeness (QED) is 0.587. The van der Waals surface area contributed by atoms with E-state index in [9.17, 15) is 14.4 Å². The lowest BCUT2D eigenvalue weighted by molar-refractivity contribution is -0.122. The second-order valence-electron chi connectivity index (χ2n) is 7.40. The molecule has 2 fully saturated rings. The van der Waals surface area contributed by atoms with Crippen LogP contribution >= 0.6 is 11.6 Å². The van der Waals surface area contributed by atoms with E-state index < -0.39 is 17.8 Å². The monoisotopic (exact) mass is 423 g/mol. The Morgan fingerprint density at radius 1 is 0.867 bits per heavy atom. The molecule has 0 bridgehead atoms. The lowest BCUT2D eigenvalue weighted by atomic mass is 10.1. The van der Waals surface area contributed by atoms with Gasteiger partial charge in [0.2, 0.25) is 0 Å². The van der Waals surface area contributed by atoms with Gasteiger partial charge in [0.1, 0.15) is 5.57 Å². The molecule has 2 aliphatic heterocycles. The SMILES string of the molecule is O=C1NC(=O)N(c2ccccc2Cl)C(=O)C1=Cc1ccc(N2CCCCCC2)cc1. The van der Waals surface area contributed by atoms with Gasteiger partial charge in [0.15, 0.2) is 0 Å². The van der Waals surface area contributed by atoms with Crippen molar-refractivity contribution in [2.75, 3.05) is 22.9 Å². The summed E-state index contributed by atoms with van der Waals surface area (Å²) < 4.78 is 0. The minimum atomic E-state index is -0.813. The molecule has 0 atom stereocenters. The van der Waals surface area contributed by atoms with E-state index in [-0.39, 0.29) is 16.3 Å². The molecule has 2 heterocycles. The zero-order chi connectivity index (χ0) is 21.1. The molecule has 1 N–H and O–H groups in total. The van der Waals surface area contributed by atoms with Crippen molar-refractivity contribution in [3.05, 3.63) is 64.7 Å². The predicted molar refractivity (Wildman–Crippen MR) is 118 cm³/mol. The zero-order valence-corrected chi connectivity index (χ0v) is 17.2. The number of rotatable bonds is 3. The summed E-state index contributed by atoms with van der Waals surface area (Å²) >= 11 is 6.15. The number of barbiturate groups is 1. The number of carbonyl (C=O) groups is 3. The predicted octanol–water partition coefficient (Wildman–Crippen LogP) is 4.39. The van der Waals surface area contributed by atoms with Crippen LogP contribution in [0.2, 0.25) is 5.02 Å². The van der Waals surface area contributed by atoms with Gasteiger partial charge in [-0.25, -0.2) is 9.69 Å². The van der Waals surface area contributed by atoms with Crippen molar-refractivity contribution in [2.45, 2.75) is 25.7 Å². The van der Waals surface area contributed by atoms with E-state index in [1.54, 1.807) is 24.3 Å². The molecule has 0 spiro atoms. The lowest BCUT2D eigenvalue weighted by Gasteiger charge is -2.27. The number of hydrogen-bond donors (Lipinski definition) is 1. The minimum absolute atomic E-state index is 0.114. The fourth-order valence-electron chi connectivity index (χ4n) is 3.79. The van der Waals surface area contributed by atoms with Crippen molar-refractivity contribution in [1.29, 1.82) is 0 Å². The first kappa shape index (κ1) is 20.2. The van der Waals surface area contributed by atoms with Crippen LogP contribution in [0.25, 0.3) is 6.08 Å². The Balaban J connectivity index is 1.60. The Hall–Kier alpha value is -3.12. The third kappa shape index (κ3) is 4.09. The molecule has 7 heteroatoms. The highest BCUT2D eigenvalue weighted by atomic mass is 35.5. The minimum Gasteiger partial charge on any atom is -0.372 e. The molecule has 2 aliphatic rings. The summed E-state index contributed by atoms with van der Waals surface area (Å²) in [7, 11) is 0. The molecular formula is C23H22ClN3O3. The van der Waals surface area contributed by atoms with Gasteiger partial charge < -0.3 is 4.90 Å². The fourth-order valence-corrected chi connectivity index (χ4v) is 4.01. The highest BCUT2D eigenvalue weighted by molar-refractivity contribution is 6.42. The Morgan fingerprint density at radius 2 is 1.53 bits per heavy atom. The van der Waals surface area contributed by atoms with Crippen molar-refractivity contribution in [1.82, 2.24) is 5.32 Å². The molecule has 2 aromatic rings. The maximum absolute atomic E-state index is 13.0. The topological polar surface area (TPSA) is 69.7 Å². The molecule has 2 saturated heterocycles. The maximum Gasteiger partial charge on any atom is 0.335 e. The van der Waals surface area contributed by atoms with E-state index in [1.807, 2.05) is 24.3 Å². The van der Waals surface area contributed by atoms with Gasteiger partial charge in [0, 0.05) is 18.8 Å². The first-order valence-corrected chi connectivity index (χ1v) is 10.4. The van der Waals surface area contributed by atoms with Crippen molar-refractivity contribution >= 4 is 46.9 Å². The molecule has 6 nitrogen and oxygen atoms in total. The number of nitrogens with one attached hydrogen (secondary N) is 1. The van der Waals surface area contributed by atoms with E-state index >= 15 is 0 Å². The van der Waals surface area contributed by atoms with E-state index in [1.165, 1.54) is 31.8 Å². The number of anilines is 2. The van der Waals surface area contributed by atoms with Crippen LogP contribution in [-0.2, 0) is 9.59 Å². The average Bonchev–Trinajstić information content (AvgIpc) is 3.02. The molecule has 154 valence electrons. The molecule has 0 aliphatic carbocycles. The molecule has 2 aromatic carbocycles. The number of imide groups is 2. The first-order chi connectivity index (χ1) is 14.5. The van der Waals surface area contributed by atoms with E-state index in [2.05, 4.69) is 10.2 Å². The van der Waals surface area contributed by atoms with Crippen LogP contribution in [0.4, 0.5) is 16.2 Å². The maximum atomic E-state index is 13.0. The van der Waals surface area contributed by atoms with Crippen LogP contribution in [0, 0.1) is 0 Å². The number of para-hydroxylation sites is 1. The van der Waals surface area contributed by atoms with E-state index in [0.717, 1.165) is 23.7 Å². The standard InChI is InChI=1S/C23H22ClN3O3/c24-19-7-3-4-8-20(19)27-22(29)18(21(28)25-23(27)30)15-16-9-11-17(12-10-16)26-13-5-1-2-6-14-26/h3-4,7-12,15H,1-2,5-6,13-14H2,(H,25,28,30). The molecule has 0 unspecified atom stereocenters. The Bertz CT molecular complexity index is 1010. The van der Waals surface area contributed by atoms with Crippen LogP contribution in [0.5, 0.6) is 0 Å². The molecule has 4 amide bonds. The van der Waals surface area contributed by atoms with E-state index in [0.29, 0.717) is 5.56 Å². The third-order valence-corrected chi connectivity index (χ3v) is 5.69. The van der Waals surface area contributed by atoms with Crippen LogP contribution in [0.15, 0.2) is 54.1 Å². The number of benzene rings is 2. The van der Waals surface area contributed by atoms with Gasteiger partial charge in [-0.15, -0.1) is 0 Å². The van der Waals surface area contributed by atoms with Gasteiger partial charge in [-0.3, -0.25) is 14.9 Å². The van der Waals surface area contributed by atoms with Crippen molar-refractivity contribution in [3.8, 4) is 0 Å². The number of nitrogens with zero attached hydrogens (tertiary/aromatic N) is 2. The summed E-state index contributed by atoms with van der Waals surface area (Å²) in [6, 6.07) is 13.5. The largest absolute Gasteiger partial charge is 0.372 e. The van der Waals surface area contributed by atoms with E-state index in [4.69, 9.17) is 11.6 Å². The van der Waals surface area contributed by atoms with Crippen LogP contribution < -0.4 is 15.1 Å². The molecule has 0 aromatic heterocycles. The van der Waals surface area contributed by atoms with Gasteiger partial charge in [-0.05, 0) is 48.7 Å². The number of halogens is 1. The Kier molecular flexibility index (Phi) is 5.86. The summed E-state index contributed by atoms with van der Waals surface area (Å²) in [4.78, 5) is 40.9. The van der Waals surface area contributed by atoms with Gasteiger partial charge in [0.25, 0.3) is 11.8 Å². The summed E-state index contributed by atoms with van der Waals surface area (Å²) in [5.41, 5.74) is 1.96. The lowest BCUT2D eigenvalue weighted by Crippen LogP contribution is -2.54. The second-order valence-corrected chi connectivity index (χ2v) is 7.81. The summed E-state index contributed by atoms with van der Waals surface area (Å²) in [5, 5.41) is 2.46. The Morgan fingerprint density at radius 3 is 2.20 bits per heavy atom. The van der Waals surface area contributed by atoms with Crippen molar-refractivity contribution in [2.24, 2.45) is 0 Å². The normalized spacial score (nSPS) is 19.1. The van der Waals surface area contributed by atoms with Crippen LogP contribution in [0.1, 0.15) is 31.2 Å². The number of hydrogen-bond acceptors (Lipinski definition) is 4. The molecule has 30 heavy (non-hydrogen) atoms. The molecule has 0 saturated carbocycles. The zero-order valence-electron chi connectivity index (χ0n) is 16.4. The summed E-state index contributed by atoms with van der Waals surface area (Å²) in [5.74, 6) is -1.42. The van der Waals surface area contributed by atoms with Gasteiger partial charge in [-0.1, -0.05) is 48.7 Å². The van der Waals surface area contributed by atoms with Crippen molar-refractivity contribution in [3.63, 3.8) is 0 Å². The van der Waals surface area contributed by atoms with Crippen molar-refractivity contribution < 1.29 is 14.4 Å². The smallest absolute Gasteiger partial charge is 0.335 e. The second kappa shape index (κ2) is 8.71. The van der Waals surface area contributed by atoms with Crippen LogP contribution in [-0.4, -0.2) is 30.9 Å². The highest BCUT2D eigenvalue weighted by Crippen LogP contribution is 2.29. The summed E-state index contributed by atoms with van der Waals surface area (Å²) in [6.07, 6.45) is 6.40. The van der Waals surface area contributed by atoms with Gasteiger partial charge >= 0.3 is 6.03 Å².